The first-order valence-electron chi connectivity index (χ1n) is 4.15. The molecule has 0 saturated heterocycles. The van der Waals surface area contributed by atoms with Gasteiger partial charge in [0, 0.05) is 6.42 Å². The maximum atomic E-state index is 11.4. The highest BCUT2D eigenvalue weighted by Crippen LogP contribution is 2.23. The van der Waals surface area contributed by atoms with Crippen LogP contribution in [0.25, 0.3) is 5.57 Å². The summed E-state index contributed by atoms with van der Waals surface area (Å²) >= 11 is 0. The number of carbonyl (C=O) groups is 1. The maximum Gasteiger partial charge on any atom is 0.166 e. The number of rotatable bonds is 1. The van der Waals surface area contributed by atoms with Crippen molar-refractivity contribution in [2.24, 2.45) is 0 Å². The summed E-state index contributed by atoms with van der Waals surface area (Å²) in [5, 5.41) is 0. The molecule has 1 heterocycles. The van der Waals surface area contributed by atoms with Crippen LogP contribution in [0.2, 0.25) is 0 Å². The van der Waals surface area contributed by atoms with Gasteiger partial charge in [-0.1, -0.05) is 6.08 Å². The lowest BCUT2D eigenvalue weighted by atomic mass is 9.96. The fourth-order valence-corrected chi connectivity index (χ4v) is 1.43. The van der Waals surface area contributed by atoms with E-state index < -0.39 is 0 Å². The monoisotopic (exact) mass is 162 g/mol. The first-order chi connectivity index (χ1) is 5.88. The van der Waals surface area contributed by atoms with E-state index in [-0.39, 0.29) is 5.78 Å². The molecule has 62 valence electrons. The Balaban J connectivity index is 2.34. The van der Waals surface area contributed by atoms with E-state index in [1.807, 2.05) is 12.1 Å². The molecule has 0 aliphatic heterocycles. The molecule has 0 aromatic carbocycles. The van der Waals surface area contributed by atoms with E-state index >= 15 is 0 Å². The first kappa shape index (κ1) is 7.35. The summed E-state index contributed by atoms with van der Waals surface area (Å²) in [7, 11) is 0. The number of furan rings is 1. The van der Waals surface area contributed by atoms with Crippen molar-refractivity contribution in [1.29, 1.82) is 0 Å². The number of carbonyl (C=O) groups excluding carboxylic acids is 1. The Kier molecular flexibility index (Phi) is 1.82. The van der Waals surface area contributed by atoms with E-state index in [4.69, 9.17) is 4.42 Å². The van der Waals surface area contributed by atoms with Crippen molar-refractivity contribution in [3.8, 4) is 0 Å². The van der Waals surface area contributed by atoms with E-state index in [0.717, 1.165) is 18.4 Å². The molecular weight excluding hydrogens is 152 g/mol. The van der Waals surface area contributed by atoms with Gasteiger partial charge in [-0.3, -0.25) is 4.79 Å². The zero-order valence-electron chi connectivity index (χ0n) is 6.75. The van der Waals surface area contributed by atoms with Gasteiger partial charge < -0.3 is 4.42 Å². The van der Waals surface area contributed by atoms with Crippen molar-refractivity contribution in [2.75, 3.05) is 0 Å². The zero-order chi connectivity index (χ0) is 8.39. The second-order valence-electron chi connectivity index (χ2n) is 2.91. The highest BCUT2D eigenvalue weighted by atomic mass is 16.3. The number of Topliss-reactive ketones (excluding diaryl/α,β-unsaturated/α-hetero) is 1. The molecule has 0 saturated carbocycles. The van der Waals surface area contributed by atoms with Gasteiger partial charge >= 0.3 is 0 Å². The van der Waals surface area contributed by atoms with Gasteiger partial charge in [-0.2, -0.15) is 0 Å². The fourth-order valence-electron chi connectivity index (χ4n) is 1.43. The lowest BCUT2D eigenvalue weighted by Crippen LogP contribution is -2.04. The van der Waals surface area contributed by atoms with Crippen LogP contribution in [-0.2, 0) is 4.79 Å². The Morgan fingerprint density at radius 2 is 2.33 bits per heavy atom. The number of ketones is 1. The average Bonchev–Trinajstić information content (AvgIpc) is 2.57. The van der Waals surface area contributed by atoms with Gasteiger partial charge in [-0.15, -0.1) is 0 Å². The van der Waals surface area contributed by atoms with Crippen molar-refractivity contribution < 1.29 is 9.21 Å². The van der Waals surface area contributed by atoms with Crippen molar-refractivity contribution in [1.82, 2.24) is 0 Å². The van der Waals surface area contributed by atoms with E-state index in [0.29, 0.717) is 12.2 Å². The predicted molar refractivity (Wildman–Crippen MR) is 45.5 cm³/mol. The highest BCUT2D eigenvalue weighted by Gasteiger charge is 2.16. The van der Waals surface area contributed by atoms with E-state index in [1.165, 1.54) is 0 Å². The Hall–Kier alpha value is -1.31. The van der Waals surface area contributed by atoms with Crippen LogP contribution < -0.4 is 0 Å². The van der Waals surface area contributed by atoms with Gasteiger partial charge in [-0.05, 0) is 25.0 Å². The third kappa shape index (κ3) is 1.20. The quantitative estimate of drug-likeness (QED) is 0.634. The molecular formula is C10H10O2. The smallest absolute Gasteiger partial charge is 0.166 e. The van der Waals surface area contributed by atoms with Crippen molar-refractivity contribution >= 4 is 11.4 Å². The average molecular weight is 162 g/mol. The van der Waals surface area contributed by atoms with Gasteiger partial charge in [0.25, 0.3) is 0 Å². The molecule has 1 aromatic rings. The topological polar surface area (TPSA) is 30.2 Å². The van der Waals surface area contributed by atoms with E-state index in [1.54, 1.807) is 12.3 Å². The molecule has 0 unspecified atom stereocenters. The molecule has 1 aliphatic carbocycles. The second-order valence-corrected chi connectivity index (χ2v) is 2.91. The molecule has 0 bridgehead atoms. The molecule has 2 nitrogen and oxygen atoms in total. The molecule has 1 aromatic heterocycles. The molecule has 2 heteroatoms. The minimum absolute atomic E-state index is 0.205. The van der Waals surface area contributed by atoms with Crippen LogP contribution in [0.15, 0.2) is 28.9 Å². The summed E-state index contributed by atoms with van der Waals surface area (Å²) in [5.74, 6) is 0.913. The van der Waals surface area contributed by atoms with Gasteiger partial charge in [-0.25, -0.2) is 0 Å². The summed E-state index contributed by atoms with van der Waals surface area (Å²) in [6, 6.07) is 3.63. The molecule has 2 rings (SSSR count). The Labute approximate surface area is 70.9 Å². The molecule has 0 atom stereocenters. The van der Waals surface area contributed by atoms with Gasteiger partial charge in [0.15, 0.2) is 5.78 Å². The molecule has 0 amide bonds. The molecule has 1 aliphatic rings. The van der Waals surface area contributed by atoms with Crippen LogP contribution in [0.4, 0.5) is 0 Å². The molecule has 0 N–H and O–H groups in total. The largest absolute Gasteiger partial charge is 0.464 e. The van der Waals surface area contributed by atoms with Crippen LogP contribution in [0.3, 0.4) is 0 Å². The van der Waals surface area contributed by atoms with E-state index in [9.17, 15) is 4.79 Å². The lowest BCUT2D eigenvalue weighted by molar-refractivity contribution is -0.114. The van der Waals surface area contributed by atoms with Gasteiger partial charge in [0.2, 0.25) is 0 Å². The van der Waals surface area contributed by atoms with Crippen LogP contribution in [0, 0.1) is 0 Å². The third-order valence-electron chi connectivity index (χ3n) is 2.04. The Morgan fingerprint density at radius 1 is 1.42 bits per heavy atom. The molecule has 0 fully saturated rings. The normalized spacial score (nSPS) is 17.7. The SMILES string of the molecule is O=C1CCCC=C1c1ccco1. The zero-order valence-corrected chi connectivity index (χ0v) is 6.75. The Morgan fingerprint density at radius 3 is 3.00 bits per heavy atom. The maximum absolute atomic E-state index is 11.4. The summed E-state index contributed by atoms with van der Waals surface area (Å²) in [6.07, 6.45) is 6.18. The van der Waals surface area contributed by atoms with E-state index in [2.05, 4.69) is 0 Å². The van der Waals surface area contributed by atoms with Crippen molar-refractivity contribution in [2.45, 2.75) is 19.3 Å². The molecule has 12 heavy (non-hydrogen) atoms. The molecule has 0 radical (unpaired) electrons. The first-order valence-corrected chi connectivity index (χ1v) is 4.15. The van der Waals surface area contributed by atoms with Crippen LogP contribution in [0.5, 0.6) is 0 Å². The number of hydrogen-bond donors (Lipinski definition) is 0. The summed E-state index contributed by atoms with van der Waals surface area (Å²) in [5.41, 5.74) is 0.756. The summed E-state index contributed by atoms with van der Waals surface area (Å²) in [4.78, 5) is 11.4. The third-order valence-corrected chi connectivity index (χ3v) is 2.04. The van der Waals surface area contributed by atoms with Crippen molar-refractivity contribution in [3.63, 3.8) is 0 Å². The minimum Gasteiger partial charge on any atom is -0.464 e. The van der Waals surface area contributed by atoms with Gasteiger partial charge in [0.05, 0.1) is 11.8 Å². The van der Waals surface area contributed by atoms with Crippen molar-refractivity contribution in [3.05, 3.63) is 30.2 Å². The molecule has 0 spiro atoms. The Bertz CT molecular complexity index is 307. The highest BCUT2D eigenvalue weighted by molar-refractivity contribution is 6.20. The van der Waals surface area contributed by atoms with Gasteiger partial charge in [0.1, 0.15) is 5.76 Å². The number of allylic oxidation sites excluding steroid dienone is 2. The number of hydrogen-bond acceptors (Lipinski definition) is 2. The lowest BCUT2D eigenvalue weighted by Gasteiger charge is -2.08. The fraction of sp³-hybridized carbons (Fsp3) is 0.300. The van der Waals surface area contributed by atoms with Crippen LogP contribution >= 0.6 is 0 Å². The predicted octanol–water partition coefficient (Wildman–Crippen LogP) is 2.42. The van der Waals surface area contributed by atoms with Crippen LogP contribution in [0.1, 0.15) is 25.0 Å². The minimum atomic E-state index is 0.205. The summed E-state index contributed by atoms with van der Waals surface area (Å²) < 4.78 is 5.15. The van der Waals surface area contributed by atoms with Crippen LogP contribution in [-0.4, -0.2) is 5.78 Å². The standard InChI is InChI=1S/C10H10O2/c11-9-5-2-1-4-8(9)10-6-3-7-12-10/h3-4,6-7H,1-2,5H2. The summed E-state index contributed by atoms with van der Waals surface area (Å²) in [6.45, 7) is 0. The second kappa shape index (κ2) is 2.97.